The van der Waals surface area contributed by atoms with Crippen LogP contribution in [-0.4, -0.2) is 18.2 Å². The van der Waals surface area contributed by atoms with E-state index in [4.69, 9.17) is 0 Å². The van der Waals surface area contributed by atoms with Gasteiger partial charge in [-0.1, -0.05) is 38.0 Å². The Morgan fingerprint density at radius 2 is 2.05 bits per heavy atom. The smallest absolute Gasteiger partial charge is 0.224 e. The predicted octanol–water partition coefficient (Wildman–Crippen LogP) is 3.65. The molecule has 2 nitrogen and oxygen atoms in total. The maximum absolute atomic E-state index is 12.2. The number of benzene rings is 1. The topological polar surface area (TPSA) is 29.1 Å². The van der Waals surface area contributed by atoms with Crippen molar-refractivity contribution in [2.24, 2.45) is 5.92 Å². The third kappa shape index (κ3) is 4.00. The van der Waals surface area contributed by atoms with Gasteiger partial charge in [0.1, 0.15) is 0 Å². The molecule has 0 spiro atoms. The zero-order valence-corrected chi connectivity index (χ0v) is 12.6. The minimum atomic E-state index is 0.167. The second-order valence-corrected chi connectivity index (χ2v) is 6.27. The highest BCUT2D eigenvalue weighted by Crippen LogP contribution is 2.24. The zero-order valence-electron chi connectivity index (χ0n) is 11.8. The van der Waals surface area contributed by atoms with Crippen LogP contribution in [0, 0.1) is 5.92 Å². The van der Waals surface area contributed by atoms with Crippen LogP contribution in [0.3, 0.4) is 0 Å². The molecule has 104 valence electrons. The summed E-state index contributed by atoms with van der Waals surface area (Å²) in [4.78, 5) is 13.4. The summed E-state index contributed by atoms with van der Waals surface area (Å²) >= 11 is 1.70. The molecule has 2 rings (SSSR count). The maximum Gasteiger partial charge on any atom is 0.224 e. The second-order valence-electron chi connectivity index (χ2n) is 5.42. The largest absolute Gasteiger partial charge is 0.353 e. The van der Waals surface area contributed by atoms with Crippen molar-refractivity contribution in [1.29, 1.82) is 0 Å². The van der Waals surface area contributed by atoms with Gasteiger partial charge in [0.2, 0.25) is 5.91 Å². The number of carbonyl (C=O) groups excluding carboxylic acids is 1. The number of hydrogen-bond donors (Lipinski definition) is 1. The van der Waals surface area contributed by atoms with Gasteiger partial charge in [0.05, 0.1) is 6.42 Å². The molecule has 2 unspecified atom stereocenters. The molecule has 1 aromatic carbocycles. The molecular weight excluding hydrogens is 254 g/mol. The van der Waals surface area contributed by atoms with Gasteiger partial charge in [0.15, 0.2) is 0 Å². The molecular formula is C16H23NOS. The van der Waals surface area contributed by atoms with Gasteiger partial charge in [-0.2, -0.15) is 0 Å². The Labute approximate surface area is 120 Å². The molecule has 1 aliphatic carbocycles. The Morgan fingerprint density at radius 1 is 1.32 bits per heavy atom. The third-order valence-corrected chi connectivity index (χ3v) is 4.84. The van der Waals surface area contributed by atoms with Gasteiger partial charge in [-0.05, 0) is 36.6 Å². The van der Waals surface area contributed by atoms with Crippen LogP contribution in [-0.2, 0) is 11.2 Å². The van der Waals surface area contributed by atoms with Crippen molar-refractivity contribution in [3.8, 4) is 0 Å². The van der Waals surface area contributed by atoms with E-state index in [1.807, 2.05) is 12.1 Å². The zero-order chi connectivity index (χ0) is 13.7. The van der Waals surface area contributed by atoms with Crippen LogP contribution in [0.4, 0.5) is 0 Å². The summed E-state index contributed by atoms with van der Waals surface area (Å²) in [5, 5.41) is 3.22. The van der Waals surface area contributed by atoms with Crippen LogP contribution in [0.15, 0.2) is 29.2 Å². The van der Waals surface area contributed by atoms with E-state index in [0.717, 1.165) is 12.0 Å². The molecule has 1 saturated carbocycles. The third-order valence-electron chi connectivity index (χ3n) is 4.00. The molecule has 2 atom stereocenters. The van der Waals surface area contributed by atoms with Crippen LogP contribution < -0.4 is 5.32 Å². The van der Waals surface area contributed by atoms with Gasteiger partial charge < -0.3 is 5.32 Å². The summed E-state index contributed by atoms with van der Waals surface area (Å²) < 4.78 is 0. The lowest BCUT2D eigenvalue weighted by molar-refractivity contribution is -0.121. The van der Waals surface area contributed by atoms with Crippen molar-refractivity contribution in [2.75, 3.05) is 6.26 Å². The molecule has 1 aromatic rings. The molecule has 1 aliphatic rings. The number of nitrogens with one attached hydrogen (secondary N) is 1. The number of carbonyl (C=O) groups is 1. The first-order valence-electron chi connectivity index (χ1n) is 7.12. The van der Waals surface area contributed by atoms with Crippen LogP contribution in [0.25, 0.3) is 0 Å². The van der Waals surface area contributed by atoms with E-state index in [1.165, 1.54) is 24.2 Å². The summed E-state index contributed by atoms with van der Waals surface area (Å²) in [6.07, 6.45) is 7.49. The highest BCUT2D eigenvalue weighted by molar-refractivity contribution is 7.98. The van der Waals surface area contributed by atoms with Gasteiger partial charge in [-0.25, -0.2) is 0 Å². The average Bonchev–Trinajstić information content (AvgIpc) is 2.42. The monoisotopic (exact) mass is 277 g/mol. The average molecular weight is 277 g/mol. The Morgan fingerprint density at radius 3 is 2.79 bits per heavy atom. The molecule has 0 bridgehead atoms. The van der Waals surface area contributed by atoms with Crippen LogP contribution >= 0.6 is 11.8 Å². The van der Waals surface area contributed by atoms with Crippen LogP contribution in [0.5, 0.6) is 0 Å². The highest BCUT2D eigenvalue weighted by Gasteiger charge is 2.22. The van der Waals surface area contributed by atoms with E-state index in [1.54, 1.807) is 11.8 Å². The second kappa shape index (κ2) is 6.99. The fourth-order valence-electron chi connectivity index (χ4n) is 2.81. The molecule has 0 saturated heterocycles. The minimum absolute atomic E-state index is 0.167. The molecule has 0 heterocycles. The van der Waals surface area contributed by atoms with Crippen molar-refractivity contribution >= 4 is 17.7 Å². The van der Waals surface area contributed by atoms with Gasteiger partial charge in [-0.3, -0.25) is 4.79 Å². The molecule has 0 radical (unpaired) electrons. The molecule has 0 aromatic heterocycles. The van der Waals surface area contributed by atoms with Crippen molar-refractivity contribution < 1.29 is 4.79 Å². The Hall–Kier alpha value is -0.960. The lowest BCUT2D eigenvalue weighted by atomic mass is 9.86. The quantitative estimate of drug-likeness (QED) is 0.851. The van der Waals surface area contributed by atoms with Crippen LogP contribution in [0.1, 0.15) is 38.2 Å². The van der Waals surface area contributed by atoms with Crippen molar-refractivity contribution in [1.82, 2.24) is 5.32 Å². The summed E-state index contributed by atoms with van der Waals surface area (Å²) in [6, 6.07) is 8.54. The first-order valence-corrected chi connectivity index (χ1v) is 8.34. The van der Waals surface area contributed by atoms with Gasteiger partial charge in [0, 0.05) is 10.9 Å². The molecule has 19 heavy (non-hydrogen) atoms. The first kappa shape index (κ1) is 14.4. The van der Waals surface area contributed by atoms with E-state index >= 15 is 0 Å². The summed E-state index contributed by atoms with van der Waals surface area (Å²) in [7, 11) is 0. The Kier molecular flexibility index (Phi) is 5.32. The van der Waals surface area contributed by atoms with Crippen molar-refractivity contribution in [3.63, 3.8) is 0 Å². The standard InChI is InChI=1S/C16H23NOS/c1-12-7-3-5-9-14(12)17-16(18)11-13-8-4-6-10-15(13)19-2/h4,6,8,10,12,14H,3,5,7,9,11H2,1-2H3,(H,17,18). The lowest BCUT2D eigenvalue weighted by Crippen LogP contribution is -2.41. The van der Waals surface area contributed by atoms with E-state index in [2.05, 4.69) is 30.6 Å². The van der Waals surface area contributed by atoms with E-state index in [-0.39, 0.29) is 5.91 Å². The van der Waals surface area contributed by atoms with E-state index < -0.39 is 0 Å². The minimum Gasteiger partial charge on any atom is -0.353 e. The molecule has 0 aliphatic heterocycles. The maximum atomic E-state index is 12.2. The lowest BCUT2D eigenvalue weighted by Gasteiger charge is -2.29. The van der Waals surface area contributed by atoms with Gasteiger partial charge in [0.25, 0.3) is 0 Å². The van der Waals surface area contributed by atoms with Crippen molar-refractivity contribution in [2.45, 2.75) is 50.0 Å². The van der Waals surface area contributed by atoms with E-state index in [9.17, 15) is 4.79 Å². The van der Waals surface area contributed by atoms with Gasteiger partial charge in [-0.15, -0.1) is 11.8 Å². The summed E-state index contributed by atoms with van der Waals surface area (Å²) in [5.74, 6) is 0.786. The first-order chi connectivity index (χ1) is 9.20. The number of amides is 1. The number of thioether (sulfide) groups is 1. The molecule has 1 amide bonds. The highest BCUT2D eigenvalue weighted by atomic mass is 32.2. The normalized spacial score (nSPS) is 23.1. The summed E-state index contributed by atoms with van der Waals surface area (Å²) in [6.45, 7) is 2.25. The van der Waals surface area contributed by atoms with Gasteiger partial charge >= 0.3 is 0 Å². The van der Waals surface area contributed by atoms with Crippen LogP contribution in [0.2, 0.25) is 0 Å². The number of rotatable bonds is 4. The fourth-order valence-corrected chi connectivity index (χ4v) is 3.43. The molecule has 1 fully saturated rings. The molecule has 3 heteroatoms. The Balaban J connectivity index is 1.93. The predicted molar refractivity (Wildman–Crippen MR) is 81.5 cm³/mol. The summed E-state index contributed by atoms with van der Waals surface area (Å²) in [5.41, 5.74) is 1.14. The van der Waals surface area contributed by atoms with E-state index in [0.29, 0.717) is 18.4 Å². The van der Waals surface area contributed by atoms with Crippen molar-refractivity contribution in [3.05, 3.63) is 29.8 Å². The fraction of sp³-hybridized carbons (Fsp3) is 0.562. The molecule has 1 N–H and O–H groups in total. The SMILES string of the molecule is CSc1ccccc1CC(=O)NC1CCCCC1C. The Bertz CT molecular complexity index is 433. The number of hydrogen-bond acceptors (Lipinski definition) is 2.